The zero-order valence-corrected chi connectivity index (χ0v) is 18.2. The molecule has 2 aliphatic rings. The van der Waals surface area contributed by atoms with Gasteiger partial charge in [0, 0.05) is 64.9 Å². The molecule has 0 saturated carbocycles. The van der Waals surface area contributed by atoms with Crippen LogP contribution >= 0.6 is 0 Å². The fourth-order valence-corrected chi connectivity index (χ4v) is 4.65. The Balaban J connectivity index is 1.76. The highest BCUT2D eigenvalue weighted by molar-refractivity contribution is 7.90. The van der Waals surface area contributed by atoms with E-state index in [9.17, 15) is 21.6 Å². The average Bonchev–Trinajstić information content (AvgIpc) is 2.70. The number of guanidine groups is 1. The molecule has 1 atom stereocenters. The second-order valence-electron chi connectivity index (χ2n) is 7.54. The first-order chi connectivity index (χ1) is 13.6. The van der Waals surface area contributed by atoms with Gasteiger partial charge in [-0.25, -0.2) is 8.42 Å². The lowest BCUT2D eigenvalue weighted by Crippen LogP contribution is -2.55. The lowest BCUT2D eigenvalue weighted by atomic mass is 10.1. The molecule has 8 nitrogen and oxygen atoms in total. The van der Waals surface area contributed by atoms with Gasteiger partial charge in [0.2, 0.25) is 0 Å². The van der Waals surface area contributed by atoms with Crippen LogP contribution in [-0.2, 0) is 10.0 Å². The molecule has 0 aliphatic carbocycles. The highest BCUT2D eigenvalue weighted by Crippen LogP contribution is 2.28. The minimum absolute atomic E-state index is 0.121. The minimum Gasteiger partial charge on any atom is -0.355 e. The van der Waals surface area contributed by atoms with Gasteiger partial charge in [-0.2, -0.15) is 17.5 Å². The van der Waals surface area contributed by atoms with Crippen molar-refractivity contribution >= 4 is 16.0 Å². The van der Waals surface area contributed by atoms with Crippen molar-refractivity contribution in [2.24, 2.45) is 4.99 Å². The summed E-state index contributed by atoms with van der Waals surface area (Å²) < 4.78 is 61.5. The Morgan fingerprint density at radius 3 is 2.21 bits per heavy atom. The van der Waals surface area contributed by atoms with Crippen molar-refractivity contribution in [2.45, 2.75) is 44.3 Å². The molecule has 1 unspecified atom stereocenters. The van der Waals surface area contributed by atoms with Crippen molar-refractivity contribution in [1.29, 1.82) is 0 Å². The molecule has 2 fully saturated rings. The lowest BCUT2D eigenvalue weighted by Gasteiger charge is -2.38. The summed E-state index contributed by atoms with van der Waals surface area (Å²) in [7, 11) is -3.60. The van der Waals surface area contributed by atoms with E-state index < -0.39 is 15.5 Å². The van der Waals surface area contributed by atoms with E-state index in [1.807, 2.05) is 0 Å². The Morgan fingerprint density at radius 1 is 1.14 bits per heavy atom. The molecule has 12 heteroatoms. The van der Waals surface area contributed by atoms with Crippen molar-refractivity contribution in [1.82, 2.24) is 24.7 Å². The number of sulfonamides is 1. The fraction of sp³-hybridized carbons (Fsp3) is 0.941. The van der Waals surface area contributed by atoms with Gasteiger partial charge in [0.05, 0.1) is 0 Å². The number of hydrogen-bond donors (Lipinski definition) is 2. The first kappa shape index (κ1) is 24.2. The molecular formula is C17H33F3N6O2S. The summed E-state index contributed by atoms with van der Waals surface area (Å²) in [4.78, 5) is 9.03. The Bertz CT molecular complexity index is 642. The monoisotopic (exact) mass is 442 g/mol. The third-order valence-corrected chi connectivity index (χ3v) is 7.32. The third kappa shape index (κ3) is 6.43. The third-order valence-electron chi connectivity index (χ3n) is 5.69. The second kappa shape index (κ2) is 10.3. The van der Waals surface area contributed by atoms with Crippen molar-refractivity contribution in [3.8, 4) is 0 Å². The predicted octanol–water partition coefficient (Wildman–Crippen LogP) is 0.491. The van der Waals surface area contributed by atoms with Crippen LogP contribution in [0.15, 0.2) is 4.99 Å². The summed E-state index contributed by atoms with van der Waals surface area (Å²) in [5, 5.41) is 6.48. The summed E-state index contributed by atoms with van der Waals surface area (Å²) in [6, 6.07) is 0.204. The molecule has 0 aromatic carbocycles. The van der Waals surface area contributed by atoms with E-state index in [1.54, 1.807) is 7.05 Å². The van der Waals surface area contributed by atoms with E-state index in [0.29, 0.717) is 35.7 Å². The molecule has 2 saturated heterocycles. The molecular weight excluding hydrogens is 409 g/mol. The zero-order chi connectivity index (χ0) is 21.7. The molecule has 2 aliphatic heterocycles. The highest BCUT2D eigenvalue weighted by Gasteiger charge is 2.50. The zero-order valence-electron chi connectivity index (χ0n) is 17.4. The number of rotatable bonds is 6. The smallest absolute Gasteiger partial charge is 0.355 e. The van der Waals surface area contributed by atoms with Crippen LogP contribution in [0.5, 0.6) is 0 Å². The van der Waals surface area contributed by atoms with Crippen molar-refractivity contribution in [3.05, 3.63) is 0 Å². The number of halogens is 3. The number of nitrogens with zero attached hydrogens (tertiary/aromatic N) is 4. The van der Waals surface area contributed by atoms with E-state index >= 15 is 0 Å². The summed E-state index contributed by atoms with van der Waals surface area (Å²) in [5.74, 6) is 0.584. The van der Waals surface area contributed by atoms with Crippen LogP contribution in [0.2, 0.25) is 0 Å². The van der Waals surface area contributed by atoms with Gasteiger partial charge in [-0.05, 0) is 26.3 Å². The molecule has 0 amide bonds. The molecule has 0 radical (unpaired) electrons. The van der Waals surface area contributed by atoms with Gasteiger partial charge in [0.1, 0.15) is 0 Å². The van der Waals surface area contributed by atoms with E-state index in [0.717, 1.165) is 32.7 Å². The molecule has 170 valence electrons. The fourth-order valence-electron chi connectivity index (χ4n) is 3.67. The summed E-state index contributed by atoms with van der Waals surface area (Å²) in [5.41, 5.74) is -5.25. The number of alkyl halides is 3. The van der Waals surface area contributed by atoms with Crippen LogP contribution in [0.3, 0.4) is 0 Å². The Labute approximate surface area is 171 Å². The normalized spacial score (nSPS) is 23.2. The topological polar surface area (TPSA) is 80.3 Å². The summed E-state index contributed by atoms with van der Waals surface area (Å²) in [6.07, 6.45) is 0.592. The van der Waals surface area contributed by atoms with Gasteiger partial charge in [0.15, 0.2) is 5.96 Å². The number of aliphatic imine (C=N–C) groups is 1. The highest BCUT2D eigenvalue weighted by atomic mass is 32.2. The molecule has 2 N–H and O–H groups in total. The van der Waals surface area contributed by atoms with E-state index in [4.69, 9.17) is 0 Å². The number of piperazine rings is 1. The first-order valence-electron chi connectivity index (χ1n) is 10.1. The van der Waals surface area contributed by atoms with Gasteiger partial charge in [0.25, 0.3) is 0 Å². The van der Waals surface area contributed by atoms with Crippen molar-refractivity contribution in [2.75, 3.05) is 59.4 Å². The second-order valence-corrected chi connectivity index (χ2v) is 9.47. The maximum atomic E-state index is 12.7. The van der Waals surface area contributed by atoms with Crippen LogP contribution in [0.4, 0.5) is 13.2 Å². The Hall–Kier alpha value is -1.11. The molecule has 29 heavy (non-hydrogen) atoms. The Kier molecular flexibility index (Phi) is 8.56. The molecule has 0 aromatic heterocycles. The molecule has 2 heterocycles. The number of likely N-dealkylation sites (N-methyl/N-ethyl adjacent to an activating group) is 1. The van der Waals surface area contributed by atoms with Gasteiger partial charge in [-0.1, -0.05) is 6.92 Å². The van der Waals surface area contributed by atoms with Crippen LogP contribution in [0.1, 0.15) is 26.7 Å². The summed E-state index contributed by atoms with van der Waals surface area (Å²) in [6.45, 7) is 9.95. The molecule has 2 rings (SSSR count). The lowest BCUT2D eigenvalue weighted by molar-refractivity contribution is -0.0494. The van der Waals surface area contributed by atoms with E-state index in [-0.39, 0.29) is 19.1 Å². The average molecular weight is 443 g/mol. The number of piperidine rings is 1. The predicted molar refractivity (Wildman–Crippen MR) is 107 cm³/mol. The molecule has 0 bridgehead atoms. The molecule has 0 aromatic rings. The Morgan fingerprint density at radius 2 is 1.72 bits per heavy atom. The maximum Gasteiger partial charge on any atom is 0.511 e. The standard InChI is InChI=1S/C17H33F3N6O2S/c1-4-24-9-11-25(12-10-24)14(2)13-22-16(21-3)23-15-5-7-26(8-6-15)29(27,28)17(18,19)20/h14-15H,4-13H2,1-3H3,(H2,21,22,23). The van der Waals surface area contributed by atoms with Crippen LogP contribution < -0.4 is 10.6 Å². The van der Waals surface area contributed by atoms with Crippen LogP contribution in [0, 0.1) is 0 Å². The SMILES string of the molecule is CCN1CCN(C(C)CNC(=NC)NC2CCN(S(=O)(=O)C(F)(F)F)CC2)CC1. The quantitative estimate of drug-likeness (QED) is 0.461. The van der Waals surface area contributed by atoms with Gasteiger partial charge in [-0.15, -0.1) is 0 Å². The van der Waals surface area contributed by atoms with Crippen molar-refractivity contribution < 1.29 is 21.6 Å². The van der Waals surface area contributed by atoms with Crippen LogP contribution in [-0.4, -0.2) is 105 Å². The number of nitrogens with one attached hydrogen (secondary N) is 2. The maximum absolute atomic E-state index is 12.7. The molecule has 0 spiro atoms. The van der Waals surface area contributed by atoms with Crippen molar-refractivity contribution in [3.63, 3.8) is 0 Å². The van der Waals surface area contributed by atoms with Gasteiger partial charge in [-0.3, -0.25) is 9.89 Å². The summed E-state index contributed by atoms with van der Waals surface area (Å²) >= 11 is 0. The van der Waals surface area contributed by atoms with E-state index in [1.165, 1.54) is 0 Å². The first-order valence-corrected chi connectivity index (χ1v) is 11.5. The largest absolute Gasteiger partial charge is 0.511 e. The van der Waals surface area contributed by atoms with Gasteiger partial charge < -0.3 is 15.5 Å². The van der Waals surface area contributed by atoms with Gasteiger partial charge >= 0.3 is 15.5 Å². The minimum atomic E-state index is -5.25. The van der Waals surface area contributed by atoms with E-state index in [2.05, 4.69) is 39.3 Å². The number of hydrogen-bond acceptors (Lipinski definition) is 5. The van der Waals surface area contributed by atoms with Crippen LogP contribution in [0.25, 0.3) is 0 Å².